The van der Waals surface area contributed by atoms with Gasteiger partial charge >= 0.3 is 0 Å². The first kappa shape index (κ1) is 21.3. The quantitative estimate of drug-likeness (QED) is 0.351. The van der Waals surface area contributed by atoms with E-state index in [0.29, 0.717) is 34.9 Å². The molecular weight excluding hydrogens is 450 g/mol. The molecule has 3 aromatic carbocycles. The second-order valence-electron chi connectivity index (χ2n) is 9.02. The number of Topliss-reactive ketones (excluding diaryl/α,β-unsaturated/α-hetero) is 1. The fraction of sp³-hybridized carbons (Fsp3) is 0.231. The van der Waals surface area contributed by atoms with Crippen LogP contribution in [0, 0.1) is 16.0 Å². The molecule has 6 rings (SSSR count). The predicted molar refractivity (Wildman–Crippen MR) is 126 cm³/mol. The number of benzene rings is 3. The number of fused-ring (bicyclic) bond motifs is 3. The molecular formula is C26H21N3O6. The van der Waals surface area contributed by atoms with Gasteiger partial charge in [0.15, 0.2) is 17.3 Å². The van der Waals surface area contributed by atoms with Crippen molar-refractivity contribution in [1.29, 1.82) is 0 Å². The lowest BCUT2D eigenvalue weighted by molar-refractivity contribution is -0.384. The van der Waals surface area contributed by atoms with Crippen LogP contribution in [0.3, 0.4) is 0 Å². The lowest BCUT2D eigenvalue weighted by Crippen LogP contribution is -2.51. The smallest absolute Gasteiger partial charge is 0.269 e. The summed E-state index contributed by atoms with van der Waals surface area (Å²) >= 11 is 0. The fourth-order valence-electron chi connectivity index (χ4n) is 5.79. The van der Waals surface area contributed by atoms with Crippen LogP contribution in [-0.4, -0.2) is 41.9 Å². The summed E-state index contributed by atoms with van der Waals surface area (Å²) in [6.07, 6.45) is 0. The zero-order chi connectivity index (χ0) is 24.3. The molecule has 1 fully saturated rings. The van der Waals surface area contributed by atoms with Crippen molar-refractivity contribution < 1.29 is 24.0 Å². The van der Waals surface area contributed by atoms with Crippen LogP contribution < -0.4 is 14.8 Å². The van der Waals surface area contributed by atoms with E-state index in [0.717, 1.165) is 5.56 Å². The molecule has 3 aliphatic rings. The van der Waals surface area contributed by atoms with Crippen LogP contribution >= 0.6 is 0 Å². The van der Waals surface area contributed by atoms with E-state index in [9.17, 15) is 19.7 Å². The first-order valence-electron chi connectivity index (χ1n) is 11.2. The summed E-state index contributed by atoms with van der Waals surface area (Å²) < 4.78 is 10.9. The lowest BCUT2D eigenvalue weighted by Gasteiger charge is -2.35. The van der Waals surface area contributed by atoms with Gasteiger partial charge in [-0.25, -0.2) is 0 Å². The molecule has 1 spiro atoms. The lowest BCUT2D eigenvalue weighted by atomic mass is 9.70. The highest BCUT2D eigenvalue weighted by atomic mass is 16.7. The van der Waals surface area contributed by atoms with Crippen molar-refractivity contribution in [2.24, 2.45) is 5.92 Å². The van der Waals surface area contributed by atoms with Crippen LogP contribution in [0.15, 0.2) is 66.7 Å². The molecule has 9 heteroatoms. The van der Waals surface area contributed by atoms with Gasteiger partial charge in [0.25, 0.3) is 5.69 Å². The Kier molecular flexibility index (Phi) is 4.65. The summed E-state index contributed by atoms with van der Waals surface area (Å²) in [6.45, 7) is 0.444. The van der Waals surface area contributed by atoms with Gasteiger partial charge in [0.1, 0.15) is 5.54 Å². The van der Waals surface area contributed by atoms with Gasteiger partial charge in [-0.05, 0) is 36.9 Å². The van der Waals surface area contributed by atoms with Gasteiger partial charge in [-0.1, -0.05) is 30.3 Å². The van der Waals surface area contributed by atoms with Crippen molar-refractivity contribution >= 4 is 23.1 Å². The largest absolute Gasteiger partial charge is 0.454 e. The third kappa shape index (κ3) is 2.98. The zero-order valence-corrected chi connectivity index (χ0v) is 18.8. The van der Waals surface area contributed by atoms with E-state index in [1.165, 1.54) is 12.1 Å². The standard InChI is InChI=1S/C26H21N3O6/c1-28-13-18(15-5-4-6-17(11-15)29(32)33)23(24(30)16-9-10-21-22(12-16)35-14-34-21)26(28)19-7-2-3-8-20(19)27-25(26)31/h2-12,18,23H,13-14H2,1H3,(H,27,31). The summed E-state index contributed by atoms with van der Waals surface area (Å²) in [6, 6.07) is 18.7. The van der Waals surface area contributed by atoms with Gasteiger partial charge in [-0.15, -0.1) is 0 Å². The van der Waals surface area contributed by atoms with E-state index in [2.05, 4.69) is 5.32 Å². The second kappa shape index (κ2) is 7.64. The van der Waals surface area contributed by atoms with Crippen LogP contribution in [0.4, 0.5) is 11.4 Å². The maximum absolute atomic E-state index is 14.3. The van der Waals surface area contributed by atoms with Crippen LogP contribution in [0.1, 0.15) is 27.4 Å². The molecule has 0 bridgehead atoms. The topological polar surface area (TPSA) is 111 Å². The summed E-state index contributed by atoms with van der Waals surface area (Å²) in [4.78, 5) is 40.9. The number of nitro groups is 1. The number of rotatable bonds is 4. The number of hydrogen-bond acceptors (Lipinski definition) is 7. The Hall–Kier alpha value is -4.24. The number of nitrogens with zero attached hydrogens (tertiary/aromatic N) is 2. The Bertz CT molecular complexity index is 1410. The average molecular weight is 471 g/mol. The molecule has 176 valence electrons. The third-order valence-electron chi connectivity index (χ3n) is 7.31. The van der Waals surface area contributed by atoms with Crippen molar-refractivity contribution in [3.05, 3.63) is 93.5 Å². The van der Waals surface area contributed by atoms with Crippen molar-refractivity contribution in [2.75, 3.05) is 25.7 Å². The summed E-state index contributed by atoms with van der Waals surface area (Å²) in [5, 5.41) is 14.4. The van der Waals surface area contributed by atoms with Gasteiger partial charge in [-0.3, -0.25) is 24.6 Å². The van der Waals surface area contributed by atoms with Gasteiger partial charge in [-0.2, -0.15) is 0 Å². The molecule has 3 aliphatic heterocycles. The highest BCUT2D eigenvalue weighted by Gasteiger charge is 2.64. The van der Waals surface area contributed by atoms with Crippen LogP contribution in [0.2, 0.25) is 0 Å². The highest BCUT2D eigenvalue weighted by molar-refractivity contribution is 6.12. The number of carbonyl (C=O) groups excluding carboxylic acids is 2. The van der Waals surface area contributed by atoms with Gasteiger partial charge in [0, 0.05) is 41.4 Å². The molecule has 3 atom stereocenters. The molecule has 3 unspecified atom stereocenters. The molecule has 0 aromatic heterocycles. The van der Waals surface area contributed by atoms with Crippen LogP contribution in [0.5, 0.6) is 11.5 Å². The molecule has 3 aromatic rings. The molecule has 3 heterocycles. The maximum Gasteiger partial charge on any atom is 0.269 e. The van der Waals surface area contributed by atoms with E-state index in [1.54, 1.807) is 30.3 Å². The maximum atomic E-state index is 14.3. The normalized spacial score (nSPS) is 24.4. The average Bonchev–Trinajstić information content (AvgIpc) is 3.54. The number of ether oxygens (including phenoxy) is 2. The minimum atomic E-state index is -1.26. The molecule has 0 radical (unpaired) electrons. The van der Waals surface area contributed by atoms with E-state index < -0.39 is 22.3 Å². The first-order valence-corrected chi connectivity index (χ1v) is 11.2. The number of likely N-dealkylation sites (tertiary alicyclic amines) is 1. The van der Waals surface area contributed by atoms with Gasteiger partial charge < -0.3 is 14.8 Å². The number of anilines is 1. The summed E-state index contributed by atoms with van der Waals surface area (Å²) in [5.41, 5.74) is 1.09. The number of para-hydroxylation sites is 1. The number of likely N-dealkylation sites (N-methyl/N-ethyl adjacent to an activating group) is 1. The fourth-order valence-corrected chi connectivity index (χ4v) is 5.79. The van der Waals surface area contributed by atoms with Crippen molar-refractivity contribution in [1.82, 2.24) is 4.90 Å². The SMILES string of the molecule is CN1CC(c2cccc([N+](=O)[O-])c2)C(C(=O)c2ccc3c(c2)OCO3)C12C(=O)Nc1ccccc12. The summed E-state index contributed by atoms with van der Waals surface area (Å²) in [7, 11) is 1.82. The van der Waals surface area contributed by atoms with Crippen LogP contribution in [0.25, 0.3) is 0 Å². The highest BCUT2D eigenvalue weighted by Crippen LogP contribution is 2.56. The molecule has 1 amide bonds. The number of nitrogens with one attached hydrogen (secondary N) is 1. The summed E-state index contributed by atoms with van der Waals surface area (Å²) in [5.74, 6) is -0.795. The molecule has 1 saturated heterocycles. The first-order chi connectivity index (χ1) is 16.9. The molecule has 9 nitrogen and oxygen atoms in total. The van der Waals surface area contributed by atoms with Crippen molar-refractivity contribution in [3.8, 4) is 11.5 Å². The Morgan fingerprint density at radius 2 is 1.89 bits per heavy atom. The van der Waals surface area contributed by atoms with E-state index in [4.69, 9.17) is 9.47 Å². The monoisotopic (exact) mass is 471 g/mol. The zero-order valence-electron chi connectivity index (χ0n) is 18.8. The Labute approximate surface area is 200 Å². The number of carbonyl (C=O) groups is 2. The number of ketones is 1. The van der Waals surface area contributed by atoms with Gasteiger partial charge in [0.2, 0.25) is 12.7 Å². The minimum Gasteiger partial charge on any atom is -0.454 e. The number of non-ortho nitro benzene ring substituents is 1. The van der Waals surface area contributed by atoms with Gasteiger partial charge in [0.05, 0.1) is 10.8 Å². The molecule has 35 heavy (non-hydrogen) atoms. The third-order valence-corrected chi connectivity index (χ3v) is 7.31. The predicted octanol–water partition coefficient (Wildman–Crippen LogP) is 3.70. The van der Waals surface area contributed by atoms with E-state index in [-0.39, 0.29) is 24.2 Å². The van der Waals surface area contributed by atoms with E-state index >= 15 is 0 Å². The molecule has 0 saturated carbocycles. The molecule has 1 N–H and O–H groups in total. The number of hydrogen-bond donors (Lipinski definition) is 1. The Morgan fingerprint density at radius 1 is 1.09 bits per heavy atom. The number of amides is 1. The van der Waals surface area contributed by atoms with E-state index in [1.807, 2.05) is 36.2 Å². The molecule has 0 aliphatic carbocycles. The van der Waals surface area contributed by atoms with Crippen LogP contribution in [-0.2, 0) is 10.3 Å². The van der Waals surface area contributed by atoms with Crippen molar-refractivity contribution in [2.45, 2.75) is 11.5 Å². The Morgan fingerprint density at radius 3 is 2.71 bits per heavy atom. The number of nitro benzene ring substituents is 1. The Balaban J connectivity index is 1.54. The van der Waals surface area contributed by atoms with Crippen molar-refractivity contribution in [3.63, 3.8) is 0 Å². The second-order valence-corrected chi connectivity index (χ2v) is 9.02. The minimum absolute atomic E-state index is 0.0587.